The summed E-state index contributed by atoms with van der Waals surface area (Å²) in [4.78, 5) is 15.4. The molecule has 2 nitrogen and oxygen atoms in total. The van der Waals surface area contributed by atoms with Crippen molar-refractivity contribution in [1.82, 2.24) is 4.98 Å². The Morgan fingerprint density at radius 2 is 2.00 bits per heavy atom. The zero-order valence-electron chi connectivity index (χ0n) is 11.7. The number of nitrogens with zero attached hydrogens (tertiary/aromatic N) is 1. The van der Waals surface area contributed by atoms with Crippen LogP contribution in [0, 0.1) is 0 Å². The Labute approximate surface area is 128 Å². The minimum atomic E-state index is 0.725. The van der Waals surface area contributed by atoms with Gasteiger partial charge >= 0.3 is 0 Å². The third-order valence-corrected chi connectivity index (χ3v) is 4.15. The largest absolute Gasteiger partial charge is 0.298 e. The van der Waals surface area contributed by atoms with Crippen LogP contribution >= 0.6 is 11.8 Å². The molecule has 0 amide bonds. The van der Waals surface area contributed by atoms with E-state index in [-0.39, 0.29) is 0 Å². The first-order valence-corrected chi connectivity index (χ1v) is 7.98. The summed E-state index contributed by atoms with van der Waals surface area (Å²) in [5.74, 6) is 0. The van der Waals surface area contributed by atoms with Gasteiger partial charge in [-0.2, -0.15) is 0 Å². The van der Waals surface area contributed by atoms with Crippen LogP contribution in [-0.4, -0.2) is 17.5 Å². The Morgan fingerprint density at radius 1 is 1.14 bits per heavy atom. The fourth-order valence-corrected chi connectivity index (χ4v) is 2.96. The normalized spacial score (nSPS) is 10.7. The molecule has 0 aliphatic heterocycles. The number of aldehydes is 1. The lowest BCUT2D eigenvalue weighted by Gasteiger charge is -2.09. The topological polar surface area (TPSA) is 30.0 Å². The summed E-state index contributed by atoms with van der Waals surface area (Å²) in [7, 11) is 0. The quantitative estimate of drug-likeness (QED) is 0.529. The zero-order valence-corrected chi connectivity index (χ0v) is 12.6. The van der Waals surface area contributed by atoms with Gasteiger partial charge in [0.15, 0.2) is 0 Å². The second kappa shape index (κ2) is 6.10. The molecule has 0 aliphatic carbocycles. The van der Waals surface area contributed by atoms with Gasteiger partial charge in [0.25, 0.3) is 0 Å². The minimum absolute atomic E-state index is 0.725. The first-order chi connectivity index (χ1) is 10.3. The lowest BCUT2D eigenvalue weighted by Crippen LogP contribution is -1.94. The average molecular weight is 293 g/mol. The molecule has 104 valence electrons. The molecule has 0 fully saturated rings. The Morgan fingerprint density at radius 3 is 2.81 bits per heavy atom. The van der Waals surface area contributed by atoms with Gasteiger partial charge in [-0.25, -0.2) is 4.98 Å². The van der Waals surface area contributed by atoms with Crippen molar-refractivity contribution in [3.05, 3.63) is 71.4 Å². The van der Waals surface area contributed by atoms with Crippen LogP contribution in [0.4, 0.5) is 0 Å². The van der Waals surface area contributed by atoms with E-state index in [1.54, 1.807) is 11.8 Å². The summed E-state index contributed by atoms with van der Waals surface area (Å²) in [6.07, 6.45) is 5.58. The van der Waals surface area contributed by atoms with E-state index in [0.29, 0.717) is 0 Å². The molecule has 0 bridgehead atoms. The van der Waals surface area contributed by atoms with Crippen molar-refractivity contribution in [2.45, 2.75) is 11.4 Å². The molecule has 0 unspecified atom stereocenters. The molecule has 0 N–H and O–H groups in total. The van der Waals surface area contributed by atoms with Crippen LogP contribution in [0.2, 0.25) is 0 Å². The molecular weight excluding hydrogens is 278 g/mol. The molecule has 0 aliphatic rings. The lowest BCUT2D eigenvalue weighted by atomic mass is 9.96. The summed E-state index contributed by atoms with van der Waals surface area (Å²) >= 11 is 1.64. The fourth-order valence-electron chi connectivity index (χ4n) is 2.52. The summed E-state index contributed by atoms with van der Waals surface area (Å²) in [6, 6.07) is 16.2. The number of hydrogen-bond acceptors (Lipinski definition) is 3. The summed E-state index contributed by atoms with van der Waals surface area (Å²) in [6.45, 7) is 0. The highest BCUT2D eigenvalue weighted by molar-refractivity contribution is 7.98. The highest BCUT2D eigenvalue weighted by Crippen LogP contribution is 2.24. The summed E-state index contributed by atoms with van der Waals surface area (Å²) in [5.41, 5.74) is 3.11. The SMILES string of the molecule is CSc1cc(Cc2cc(C=O)cc3ccccc23)ccn1. The van der Waals surface area contributed by atoms with Crippen molar-refractivity contribution < 1.29 is 4.79 Å². The van der Waals surface area contributed by atoms with E-state index in [2.05, 4.69) is 17.1 Å². The predicted octanol–water partition coefficient (Wildman–Crippen LogP) is 4.36. The molecule has 2 aromatic carbocycles. The smallest absolute Gasteiger partial charge is 0.150 e. The Kier molecular flexibility index (Phi) is 4.02. The number of benzene rings is 2. The molecule has 0 atom stereocenters. The van der Waals surface area contributed by atoms with Gasteiger partial charge in [0.2, 0.25) is 0 Å². The number of carbonyl (C=O) groups is 1. The van der Waals surface area contributed by atoms with E-state index in [0.717, 1.165) is 28.7 Å². The van der Waals surface area contributed by atoms with Crippen molar-refractivity contribution >= 4 is 28.8 Å². The highest BCUT2D eigenvalue weighted by Gasteiger charge is 2.06. The first-order valence-electron chi connectivity index (χ1n) is 6.76. The minimum Gasteiger partial charge on any atom is -0.298 e. The molecule has 3 rings (SSSR count). The maximum absolute atomic E-state index is 11.1. The van der Waals surface area contributed by atoms with Gasteiger partial charge < -0.3 is 0 Å². The predicted molar refractivity (Wildman–Crippen MR) is 88.2 cm³/mol. The van der Waals surface area contributed by atoms with Gasteiger partial charge in [0, 0.05) is 11.8 Å². The van der Waals surface area contributed by atoms with E-state index in [4.69, 9.17) is 0 Å². The van der Waals surface area contributed by atoms with Crippen molar-refractivity contribution in [3.63, 3.8) is 0 Å². The van der Waals surface area contributed by atoms with Crippen molar-refractivity contribution in [1.29, 1.82) is 0 Å². The average Bonchev–Trinajstić information content (AvgIpc) is 2.55. The van der Waals surface area contributed by atoms with Gasteiger partial charge in [0.1, 0.15) is 6.29 Å². The third kappa shape index (κ3) is 2.98. The Hall–Kier alpha value is -2.13. The molecule has 1 aromatic heterocycles. The van der Waals surface area contributed by atoms with E-state index < -0.39 is 0 Å². The second-order valence-electron chi connectivity index (χ2n) is 4.90. The van der Waals surface area contributed by atoms with E-state index >= 15 is 0 Å². The maximum atomic E-state index is 11.1. The van der Waals surface area contributed by atoms with Gasteiger partial charge in [0.05, 0.1) is 5.03 Å². The zero-order chi connectivity index (χ0) is 14.7. The molecule has 0 spiro atoms. The number of hydrogen-bond donors (Lipinski definition) is 0. The van der Waals surface area contributed by atoms with Gasteiger partial charge in [-0.15, -0.1) is 11.8 Å². The van der Waals surface area contributed by atoms with Crippen LogP contribution in [0.5, 0.6) is 0 Å². The van der Waals surface area contributed by atoms with Crippen LogP contribution in [0.25, 0.3) is 10.8 Å². The first kappa shape index (κ1) is 13.8. The second-order valence-corrected chi connectivity index (χ2v) is 5.73. The van der Waals surface area contributed by atoms with Crippen LogP contribution < -0.4 is 0 Å². The third-order valence-electron chi connectivity index (χ3n) is 3.51. The lowest BCUT2D eigenvalue weighted by molar-refractivity contribution is 0.112. The molecular formula is C18H15NOS. The summed E-state index contributed by atoms with van der Waals surface area (Å²) < 4.78 is 0. The fraction of sp³-hybridized carbons (Fsp3) is 0.111. The molecule has 1 heterocycles. The van der Waals surface area contributed by atoms with Gasteiger partial charge in [-0.1, -0.05) is 24.3 Å². The molecule has 3 aromatic rings. The number of pyridine rings is 1. The molecule has 0 saturated carbocycles. The monoisotopic (exact) mass is 293 g/mol. The van der Waals surface area contributed by atoms with Crippen LogP contribution in [0.15, 0.2) is 59.8 Å². The molecule has 0 radical (unpaired) electrons. The summed E-state index contributed by atoms with van der Waals surface area (Å²) in [5, 5.41) is 3.32. The van der Waals surface area contributed by atoms with E-state index in [9.17, 15) is 4.79 Å². The standard InChI is InChI=1S/C18H15NOS/c1-21-18-11-13(6-7-19-18)8-16-10-14(12-20)9-15-4-2-3-5-17(15)16/h2-7,9-12H,8H2,1H3. The van der Waals surface area contributed by atoms with Gasteiger partial charge in [-0.05, 0) is 58.8 Å². The maximum Gasteiger partial charge on any atom is 0.150 e. The molecule has 21 heavy (non-hydrogen) atoms. The Bertz CT molecular complexity index is 798. The number of rotatable bonds is 4. The number of thioether (sulfide) groups is 1. The number of aromatic nitrogens is 1. The number of fused-ring (bicyclic) bond motifs is 1. The van der Waals surface area contributed by atoms with Crippen LogP contribution in [0.3, 0.4) is 0 Å². The highest BCUT2D eigenvalue weighted by atomic mass is 32.2. The van der Waals surface area contributed by atoms with E-state index in [1.807, 2.05) is 48.9 Å². The van der Waals surface area contributed by atoms with Crippen LogP contribution in [0.1, 0.15) is 21.5 Å². The molecule has 3 heteroatoms. The number of carbonyl (C=O) groups excluding carboxylic acids is 1. The van der Waals surface area contributed by atoms with Crippen LogP contribution in [-0.2, 0) is 6.42 Å². The van der Waals surface area contributed by atoms with Crippen molar-refractivity contribution in [2.75, 3.05) is 6.26 Å². The van der Waals surface area contributed by atoms with Crippen molar-refractivity contribution in [3.8, 4) is 0 Å². The van der Waals surface area contributed by atoms with E-state index in [1.165, 1.54) is 16.5 Å². The Balaban J connectivity index is 2.08. The van der Waals surface area contributed by atoms with Gasteiger partial charge in [-0.3, -0.25) is 4.79 Å². The van der Waals surface area contributed by atoms with Crippen molar-refractivity contribution in [2.24, 2.45) is 0 Å². The molecule has 0 saturated heterocycles.